The van der Waals surface area contributed by atoms with Crippen LogP contribution in [0.4, 0.5) is 0 Å². The molecule has 0 atom stereocenters. The minimum Gasteiger partial charge on any atom is -0.493 e. The van der Waals surface area contributed by atoms with Crippen LogP contribution in [-0.2, 0) is 0 Å². The summed E-state index contributed by atoms with van der Waals surface area (Å²) in [5, 5.41) is 0.607. The van der Waals surface area contributed by atoms with Crippen LogP contribution in [0.2, 0.25) is 5.02 Å². The molecule has 0 aromatic heterocycles. The van der Waals surface area contributed by atoms with Crippen LogP contribution in [0, 0.1) is 5.92 Å². The normalized spacial score (nSPS) is 16.8. The molecule has 2 fully saturated rings. The fourth-order valence-corrected chi connectivity index (χ4v) is 3.39. The number of carbonyl (C=O) groups excluding carboxylic acids is 2. The highest BCUT2D eigenvalue weighted by Crippen LogP contribution is 2.29. The van der Waals surface area contributed by atoms with Crippen molar-refractivity contribution in [3.63, 3.8) is 0 Å². The average Bonchev–Trinajstić information content (AvgIpc) is 3.57. The lowest BCUT2D eigenvalue weighted by Gasteiger charge is -2.35. The number of benzene rings is 2. The maximum absolute atomic E-state index is 12.7. The van der Waals surface area contributed by atoms with Gasteiger partial charge in [-0.05, 0) is 67.3 Å². The SMILES string of the molecule is O=C(c1ccc(Cl)cc1)N1CCN(C(=O)c2ccc(OCC3CC3)cc2)CC1. The molecule has 2 aliphatic rings. The highest BCUT2D eigenvalue weighted by atomic mass is 35.5. The minimum atomic E-state index is -0.0269. The van der Waals surface area contributed by atoms with E-state index in [1.807, 2.05) is 24.3 Å². The van der Waals surface area contributed by atoms with Crippen molar-refractivity contribution in [3.05, 3.63) is 64.7 Å². The lowest BCUT2D eigenvalue weighted by atomic mass is 10.1. The molecule has 1 aliphatic heterocycles. The topological polar surface area (TPSA) is 49.9 Å². The molecule has 0 radical (unpaired) electrons. The number of hydrogen-bond donors (Lipinski definition) is 0. The van der Waals surface area contributed by atoms with Crippen LogP contribution >= 0.6 is 11.6 Å². The molecule has 1 saturated carbocycles. The van der Waals surface area contributed by atoms with E-state index in [2.05, 4.69) is 0 Å². The van der Waals surface area contributed by atoms with Crippen molar-refractivity contribution in [2.45, 2.75) is 12.8 Å². The van der Waals surface area contributed by atoms with Crippen molar-refractivity contribution < 1.29 is 14.3 Å². The molecule has 1 heterocycles. The average molecular weight is 399 g/mol. The molecule has 1 saturated heterocycles. The molecule has 0 N–H and O–H groups in total. The van der Waals surface area contributed by atoms with Crippen LogP contribution in [0.15, 0.2) is 48.5 Å². The number of rotatable bonds is 5. The van der Waals surface area contributed by atoms with E-state index < -0.39 is 0 Å². The van der Waals surface area contributed by atoms with Crippen LogP contribution in [0.3, 0.4) is 0 Å². The number of halogens is 1. The van der Waals surface area contributed by atoms with Crippen molar-refractivity contribution in [2.24, 2.45) is 5.92 Å². The Labute approximate surface area is 169 Å². The Bertz CT molecular complexity index is 839. The number of piperazine rings is 1. The highest BCUT2D eigenvalue weighted by Gasteiger charge is 2.26. The molecule has 6 heteroatoms. The first-order chi connectivity index (χ1) is 13.6. The molecule has 28 heavy (non-hydrogen) atoms. The Hall–Kier alpha value is -2.53. The molecule has 146 valence electrons. The van der Waals surface area contributed by atoms with Crippen molar-refractivity contribution >= 4 is 23.4 Å². The Balaban J connectivity index is 1.30. The molecule has 0 bridgehead atoms. The third-order valence-corrected chi connectivity index (χ3v) is 5.48. The van der Waals surface area contributed by atoms with Crippen LogP contribution < -0.4 is 4.74 Å². The predicted octanol–water partition coefficient (Wildman–Crippen LogP) is 3.73. The molecule has 0 unspecified atom stereocenters. The third-order valence-electron chi connectivity index (χ3n) is 5.23. The number of nitrogens with zero attached hydrogens (tertiary/aromatic N) is 2. The summed E-state index contributed by atoms with van der Waals surface area (Å²) < 4.78 is 5.72. The van der Waals surface area contributed by atoms with Gasteiger partial charge in [0.2, 0.25) is 0 Å². The molecule has 2 amide bonds. The maximum Gasteiger partial charge on any atom is 0.253 e. The second-order valence-corrected chi connectivity index (χ2v) is 7.81. The van der Waals surface area contributed by atoms with Gasteiger partial charge in [-0.15, -0.1) is 0 Å². The van der Waals surface area contributed by atoms with Gasteiger partial charge in [0.15, 0.2) is 0 Å². The minimum absolute atomic E-state index is 0.00710. The Kier molecular flexibility index (Phi) is 5.53. The Morgan fingerprint density at radius 1 is 0.821 bits per heavy atom. The number of ether oxygens (including phenoxy) is 1. The van der Waals surface area contributed by atoms with E-state index in [0.717, 1.165) is 12.4 Å². The summed E-state index contributed by atoms with van der Waals surface area (Å²) in [7, 11) is 0. The summed E-state index contributed by atoms with van der Waals surface area (Å²) in [4.78, 5) is 28.9. The summed E-state index contributed by atoms with van der Waals surface area (Å²) in [6.45, 7) is 2.86. The third kappa shape index (κ3) is 4.47. The van der Waals surface area contributed by atoms with Crippen LogP contribution in [-0.4, -0.2) is 54.4 Å². The number of amides is 2. The first kappa shape index (κ1) is 18.8. The van der Waals surface area contributed by atoms with Crippen molar-refractivity contribution in [1.29, 1.82) is 0 Å². The van der Waals surface area contributed by atoms with Crippen LogP contribution in [0.1, 0.15) is 33.6 Å². The van der Waals surface area contributed by atoms with E-state index >= 15 is 0 Å². The Morgan fingerprint density at radius 3 is 1.75 bits per heavy atom. The summed E-state index contributed by atoms with van der Waals surface area (Å²) in [6.07, 6.45) is 2.51. The smallest absolute Gasteiger partial charge is 0.253 e. The maximum atomic E-state index is 12.7. The zero-order chi connectivity index (χ0) is 19.5. The molecule has 2 aromatic carbocycles. The van der Waals surface area contributed by atoms with Crippen molar-refractivity contribution in [2.75, 3.05) is 32.8 Å². The molecule has 2 aromatic rings. The second kappa shape index (κ2) is 8.23. The fourth-order valence-electron chi connectivity index (χ4n) is 3.26. The van der Waals surface area contributed by atoms with Gasteiger partial charge >= 0.3 is 0 Å². The zero-order valence-corrected chi connectivity index (χ0v) is 16.4. The summed E-state index contributed by atoms with van der Waals surface area (Å²) in [6, 6.07) is 14.2. The molecule has 0 spiro atoms. The monoisotopic (exact) mass is 398 g/mol. The molecular weight excluding hydrogens is 376 g/mol. The van der Waals surface area contributed by atoms with Gasteiger partial charge < -0.3 is 14.5 Å². The molecule has 4 rings (SSSR count). The van der Waals surface area contributed by atoms with Crippen molar-refractivity contribution in [1.82, 2.24) is 9.80 Å². The Morgan fingerprint density at radius 2 is 1.29 bits per heavy atom. The first-order valence-corrected chi connectivity index (χ1v) is 10.0. The summed E-state index contributed by atoms with van der Waals surface area (Å²) in [5.41, 5.74) is 1.27. The van der Waals surface area contributed by atoms with E-state index in [-0.39, 0.29) is 11.8 Å². The van der Waals surface area contributed by atoms with Gasteiger partial charge in [-0.2, -0.15) is 0 Å². The van der Waals surface area contributed by atoms with Gasteiger partial charge in [-0.25, -0.2) is 0 Å². The van der Waals surface area contributed by atoms with Gasteiger partial charge in [0, 0.05) is 42.3 Å². The lowest BCUT2D eigenvalue weighted by molar-refractivity contribution is 0.0535. The number of hydrogen-bond acceptors (Lipinski definition) is 3. The summed E-state index contributed by atoms with van der Waals surface area (Å²) >= 11 is 5.88. The van der Waals surface area contributed by atoms with E-state index in [0.29, 0.717) is 48.2 Å². The molecule has 1 aliphatic carbocycles. The fraction of sp³-hybridized carbons (Fsp3) is 0.364. The number of carbonyl (C=O) groups is 2. The van der Waals surface area contributed by atoms with Crippen molar-refractivity contribution in [3.8, 4) is 5.75 Å². The first-order valence-electron chi connectivity index (χ1n) is 9.67. The van der Waals surface area contributed by atoms with Gasteiger partial charge in [0.25, 0.3) is 11.8 Å². The van der Waals surface area contributed by atoms with Gasteiger partial charge in [0.1, 0.15) is 5.75 Å². The standard InChI is InChI=1S/C22H23ClN2O3/c23-19-7-3-17(4-8-19)21(26)24-11-13-25(14-12-24)22(27)18-5-9-20(10-6-18)28-15-16-1-2-16/h3-10,16H,1-2,11-15H2. The van der Waals surface area contributed by atoms with E-state index in [9.17, 15) is 9.59 Å². The van der Waals surface area contributed by atoms with Gasteiger partial charge in [-0.1, -0.05) is 11.6 Å². The molecule has 5 nitrogen and oxygen atoms in total. The van der Waals surface area contributed by atoms with Gasteiger partial charge in [0.05, 0.1) is 6.61 Å². The molecular formula is C22H23ClN2O3. The zero-order valence-electron chi connectivity index (χ0n) is 15.6. The van der Waals surface area contributed by atoms with Crippen LogP contribution in [0.5, 0.6) is 5.75 Å². The quantitative estimate of drug-likeness (QED) is 0.771. The van der Waals surface area contributed by atoms with E-state index in [1.54, 1.807) is 34.1 Å². The highest BCUT2D eigenvalue weighted by molar-refractivity contribution is 6.30. The predicted molar refractivity (Wildman–Crippen MR) is 108 cm³/mol. The second-order valence-electron chi connectivity index (χ2n) is 7.37. The van der Waals surface area contributed by atoms with Crippen LogP contribution in [0.25, 0.3) is 0 Å². The summed E-state index contributed by atoms with van der Waals surface area (Å²) in [5.74, 6) is 1.48. The van der Waals surface area contributed by atoms with E-state index in [4.69, 9.17) is 16.3 Å². The van der Waals surface area contributed by atoms with E-state index in [1.165, 1.54) is 12.8 Å². The largest absolute Gasteiger partial charge is 0.493 e. The van der Waals surface area contributed by atoms with Gasteiger partial charge in [-0.3, -0.25) is 9.59 Å². The lowest BCUT2D eigenvalue weighted by Crippen LogP contribution is -2.50.